The molecule has 0 spiro atoms. The van der Waals surface area contributed by atoms with E-state index in [4.69, 9.17) is 10.3 Å². The van der Waals surface area contributed by atoms with Crippen LogP contribution in [0.1, 0.15) is 69.1 Å². The van der Waals surface area contributed by atoms with Crippen molar-refractivity contribution in [3.05, 3.63) is 26.5 Å². The highest BCUT2D eigenvalue weighted by atomic mass is 32.1. The molecule has 9 nitrogen and oxygen atoms in total. The SMILES string of the molecule is CCOC(=O)c1csc([C@H](O)C[C@H](C(C)C)N(C)C(=O)[C@@H](N=[N+]=[N-])C(C)CC)n1. The first kappa shape index (κ1) is 24.9. The number of aliphatic hydroxyl groups is 1. The van der Waals surface area contributed by atoms with Gasteiger partial charge in [0.25, 0.3) is 0 Å². The summed E-state index contributed by atoms with van der Waals surface area (Å²) < 4.78 is 4.92. The van der Waals surface area contributed by atoms with E-state index in [2.05, 4.69) is 15.0 Å². The number of hydrogen-bond acceptors (Lipinski definition) is 7. The highest BCUT2D eigenvalue weighted by Crippen LogP contribution is 2.28. The minimum absolute atomic E-state index is 0.0479. The standard InChI is InChI=1S/C19H31N5O4S/c1-7-12(5)16(22-23-20)18(26)24(6)14(11(3)4)9-15(25)17-21-13(10-29-17)19(27)28-8-2/h10-12,14-16,25H,7-9H2,1-6H3/t12?,14-,15-,16+/m1/s1. The van der Waals surface area contributed by atoms with E-state index in [1.54, 1.807) is 24.3 Å². The molecule has 1 amide bonds. The predicted octanol–water partition coefficient (Wildman–Crippen LogP) is 3.95. The van der Waals surface area contributed by atoms with Crippen molar-refractivity contribution >= 4 is 23.2 Å². The Labute approximate surface area is 175 Å². The first-order chi connectivity index (χ1) is 13.7. The summed E-state index contributed by atoms with van der Waals surface area (Å²) in [5, 5.41) is 16.3. The van der Waals surface area contributed by atoms with E-state index in [1.165, 1.54) is 11.3 Å². The van der Waals surface area contributed by atoms with Gasteiger partial charge in [0.05, 0.1) is 6.61 Å². The minimum atomic E-state index is -0.938. The molecule has 4 atom stereocenters. The predicted molar refractivity (Wildman–Crippen MR) is 111 cm³/mol. The van der Waals surface area contributed by atoms with Crippen molar-refractivity contribution in [3.63, 3.8) is 0 Å². The van der Waals surface area contributed by atoms with Crippen LogP contribution >= 0.6 is 11.3 Å². The lowest BCUT2D eigenvalue weighted by molar-refractivity contribution is -0.136. The molecular weight excluding hydrogens is 394 g/mol. The van der Waals surface area contributed by atoms with Gasteiger partial charge in [-0.05, 0) is 24.3 Å². The number of hydrogen-bond donors (Lipinski definition) is 1. The lowest BCUT2D eigenvalue weighted by atomic mass is 9.93. The first-order valence-corrected chi connectivity index (χ1v) is 10.7. The molecule has 0 aliphatic rings. The number of esters is 1. The fourth-order valence-corrected chi connectivity index (χ4v) is 3.79. The highest BCUT2D eigenvalue weighted by Gasteiger charge is 2.33. The summed E-state index contributed by atoms with van der Waals surface area (Å²) in [6.45, 7) is 9.68. The lowest BCUT2D eigenvalue weighted by Crippen LogP contribution is -2.47. The van der Waals surface area contributed by atoms with Crippen LogP contribution in [0.15, 0.2) is 10.5 Å². The maximum atomic E-state index is 13.0. The van der Waals surface area contributed by atoms with E-state index in [1.807, 2.05) is 27.7 Å². The topological polar surface area (TPSA) is 128 Å². The van der Waals surface area contributed by atoms with E-state index in [0.717, 1.165) is 0 Å². The average molecular weight is 426 g/mol. The summed E-state index contributed by atoms with van der Waals surface area (Å²) in [5.41, 5.74) is 9.01. The average Bonchev–Trinajstić information content (AvgIpc) is 3.19. The molecule has 1 aromatic heterocycles. The molecule has 0 radical (unpaired) electrons. The van der Waals surface area contributed by atoms with E-state index < -0.39 is 18.1 Å². The summed E-state index contributed by atoms with van der Waals surface area (Å²) in [6, 6.07) is -1.09. The highest BCUT2D eigenvalue weighted by molar-refractivity contribution is 7.09. The van der Waals surface area contributed by atoms with Crippen LogP contribution in [0.3, 0.4) is 0 Å². The Hall–Kier alpha value is -2.16. The Bertz CT molecular complexity index is 732. The molecule has 1 heterocycles. The second-order valence-corrected chi connectivity index (χ2v) is 8.23. The van der Waals surface area contributed by atoms with Crippen LogP contribution in [-0.4, -0.2) is 52.6 Å². The normalized spacial score (nSPS) is 15.2. The van der Waals surface area contributed by atoms with E-state index >= 15 is 0 Å². The second kappa shape index (κ2) is 11.7. The number of azide groups is 1. The molecule has 162 valence electrons. The van der Waals surface area contributed by atoms with Crippen molar-refractivity contribution < 1.29 is 19.4 Å². The monoisotopic (exact) mass is 425 g/mol. The van der Waals surface area contributed by atoms with Gasteiger partial charge in [0.2, 0.25) is 5.91 Å². The number of rotatable bonds is 11. The molecule has 10 heteroatoms. The number of aromatic nitrogens is 1. The first-order valence-electron chi connectivity index (χ1n) is 9.79. The van der Waals surface area contributed by atoms with Crippen LogP contribution in [0, 0.1) is 11.8 Å². The van der Waals surface area contributed by atoms with Crippen LogP contribution < -0.4 is 0 Å². The second-order valence-electron chi connectivity index (χ2n) is 7.34. The summed E-state index contributed by atoms with van der Waals surface area (Å²) in [6.07, 6.45) is 0.0139. The maximum absolute atomic E-state index is 13.0. The zero-order valence-electron chi connectivity index (χ0n) is 17.9. The molecule has 0 aliphatic heterocycles. The van der Waals surface area contributed by atoms with E-state index in [0.29, 0.717) is 11.4 Å². The molecule has 29 heavy (non-hydrogen) atoms. The quantitative estimate of drug-likeness (QED) is 0.248. The van der Waals surface area contributed by atoms with Crippen LogP contribution in [-0.2, 0) is 9.53 Å². The number of carbonyl (C=O) groups is 2. The largest absolute Gasteiger partial charge is 0.461 e. The number of likely N-dealkylation sites (N-methyl/N-ethyl adjacent to an activating group) is 1. The van der Waals surface area contributed by atoms with Gasteiger partial charge in [-0.3, -0.25) is 4.79 Å². The van der Waals surface area contributed by atoms with Crippen molar-refractivity contribution in [1.29, 1.82) is 0 Å². The number of nitrogens with zero attached hydrogens (tertiary/aromatic N) is 5. The zero-order valence-corrected chi connectivity index (χ0v) is 18.7. The van der Waals surface area contributed by atoms with Crippen molar-refractivity contribution in [1.82, 2.24) is 9.88 Å². The molecule has 1 rings (SSSR count). The van der Waals surface area contributed by atoms with E-state index in [9.17, 15) is 14.7 Å². The van der Waals surface area contributed by atoms with Gasteiger partial charge in [0.15, 0.2) is 5.69 Å². The number of thiazole rings is 1. The molecule has 0 bridgehead atoms. The smallest absolute Gasteiger partial charge is 0.357 e. The van der Waals surface area contributed by atoms with Crippen molar-refractivity contribution in [2.75, 3.05) is 13.7 Å². The molecule has 0 aromatic carbocycles. The number of ether oxygens (including phenoxy) is 1. The van der Waals surface area contributed by atoms with Gasteiger partial charge in [-0.2, -0.15) is 0 Å². The fourth-order valence-electron chi connectivity index (χ4n) is 3.00. The Morgan fingerprint density at radius 2 is 2.03 bits per heavy atom. The van der Waals surface area contributed by atoms with Crippen LogP contribution in [0.2, 0.25) is 0 Å². The third-order valence-corrected chi connectivity index (χ3v) is 5.93. The molecule has 0 saturated carbocycles. The lowest BCUT2D eigenvalue weighted by Gasteiger charge is -2.35. The van der Waals surface area contributed by atoms with Gasteiger partial charge >= 0.3 is 5.97 Å². The molecule has 1 unspecified atom stereocenters. The van der Waals surface area contributed by atoms with Gasteiger partial charge in [0, 0.05) is 29.8 Å². The van der Waals surface area contributed by atoms with Crippen LogP contribution in [0.5, 0.6) is 0 Å². The third kappa shape index (κ3) is 6.69. The molecule has 0 aliphatic carbocycles. The van der Waals surface area contributed by atoms with Crippen LogP contribution in [0.25, 0.3) is 10.4 Å². The van der Waals surface area contributed by atoms with Gasteiger partial charge in [0.1, 0.15) is 17.2 Å². The van der Waals surface area contributed by atoms with Gasteiger partial charge < -0.3 is 14.7 Å². The third-order valence-electron chi connectivity index (χ3n) is 4.98. The summed E-state index contributed by atoms with van der Waals surface area (Å²) >= 11 is 1.18. The summed E-state index contributed by atoms with van der Waals surface area (Å²) in [7, 11) is 1.66. The van der Waals surface area contributed by atoms with Crippen LogP contribution in [0.4, 0.5) is 0 Å². The Balaban J connectivity index is 2.98. The van der Waals surface area contributed by atoms with Crippen molar-refractivity contribution in [2.45, 2.75) is 65.6 Å². The Kier molecular flexibility index (Phi) is 10.1. The maximum Gasteiger partial charge on any atom is 0.357 e. The number of carbonyl (C=O) groups excluding carboxylic acids is 2. The van der Waals surface area contributed by atoms with Gasteiger partial charge in [-0.15, -0.1) is 11.3 Å². The zero-order chi connectivity index (χ0) is 22.1. The molecule has 1 N–H and O–H groups in total. The molecule has 0 saturated heterocycles. The van der Waals surface area contributed by atoms with Crippen molar-refractivity contribution in [3.8, 4) is 0 Å². The minimum Gasteiger partial charge on any atom is -0.461 e. The van der Waals surface area contributed by atoms with E-state index in [-0.39, 0.29) is 42.5 Å². The molecule has 1 aromatic rings. The van der Waals surface area contributed by atoms with Crippen molar-refractivity contribution in [2.24, 2.45) is 17.0 Å². The number of amides is 1. The number of aliphatic hydroxyl groups excluding tert-OH is 1. The Morgan fingerprint density at radius 3 is 2.55 bits per heavy atom. The molecule has 0 fully saturated rings. The summed E-state index contributed by atoms with van der Waals surface area (Å²) in [4.78, 5) is 33.3. The Morgan fingerprint density at radius 1 is 1.38 bits per heavy atom. The van der Waals surface area contributed by atoms with Gasteiger partial charge in [-0.1, -0.05) is 39.2 Å². The van der Waals surface area contributed by atoms with Gasteiger partial charge in [-0.25, -0.2) is 9.78 Å². The fraction of sp³-hybridized carbons (Fsp3) is 0.737. The molecular formula is C19H31N5O4S. The summed E-state index contributed by atoms with van der Waals surface area (Å²) in [5.74, 6) is -0.841.